The molecular weight excluding hydrogens is 342 g/mol. The van der Waals surface area contributed by atoms with Crippen LogP contribution >= 0.6 is 11.6 Å². The zero-order valence-corrected chi connectivity index (χ0v) is 14.7. The van der Waals surface area contributed by atoms with Gasteiger partial charge in [-0.25, -0.2) is 12.7 Å². The Hall–Kier alpha value is -1.19. The number of sulfonamides is 1. The van der Waals surface area contributed by atoms with Crippen LogP contribution in [0.3, 0.4) is 0 Å². The monoisotopic (exact) mass is 361 g/mol. The van der Waals surface area contributed by atoms with Crippen LogP contribution in [0, 0.1) is 0 Å². The molecule has 1 N–H and O–H groups in total. The van der Waals surface area contributed by atoms with Gasteiger partial charge in [-0.05, 0) is 18.2 Å². The van der Waals surface area contributed by atoms with Crippen LogP contribution in [0.15, 0.2) is 23.1 Å². The lowest BCUT2D eigenvalue weighted by Gasteiger charge is -2.25. The normalized spacial score (nSPS) is 16.5. The van der Waals surface area contributed by atoms with Gasteiger partial charge in [0.05, 0.1) is 35.4 Å². The highest BCUT2D eigenvalue weighted by Gasteiger charge is 2.20. The number of ether oxygens (including phenoxy) is 1. The van der Waals surface area contributed by atoms with E-state index in [0.29, 0.717) is 26.3 Å². The molecule has 128 valence electrons. The first-order valence-corrected chi connectivity index (χ1v) is 8.94. The lowest BCUT2D eigenvalue weighted by atomic mass is 10.3. The summed E-state index contributed by atoms with van der Waals surface area (Å²) in [6, 6.07) is 4.24. The summed E-state index contributed by atoms with van der Waals surface area (Å²) in [6.07, 6.45) is 0. The van der Waals surface area contributed by atoms with Gasteiger partial charge in [-0.2, -0.15) is 0 Å². The third-order valence-corrected chi connectivity index (χ3v) is 5.60. The van der Waals surface area contributed by atoms with Gasteiger partial charge >= 0.3 is 0 Å². The van der Waals surface area contributed by atoms with Gasteiger partial charge in [0.15, 0.2) is 0 Å². The number of nitrogens with one attached hydrogen (secondary N) is 1. The summed E-state index contributed by atoms with van der Waals surface area (Å²) in [5, 5.41) is 2.96. The van der Waals surface area contributed by atoms with E-state index in [0.717, 1.165) is 4.31 Å². The van der Waals surface area contributed by atoms with Crippen molar-refractivity contribution >= 4 is 33.2 Å². The lowest BCUT2D eigenvalue weighted by Crippen LogP contribution is -2.41. The van der Waals surface area contributed by atoms with Crippen LogP contribution in [-0.2, 0) is 19.6 Å². The number of carbonyl (C=O) groups excluding carboxylic acids is 1. The largest absolute Gasteiger partial charge is 0.379 e. The fraction of sp³-hybridized carbons (Fsp3) is 0.500. The van der Waals surface area contributed by atoms with Gasteiger partial charge in [0, 0.05) is 27.2 Å². The fourth-order valence-electron chi connectivity index (χ4n) is 2.12. The average molecular weight is 362 g/mol. The number of morpholine rings is 1. The number of carbonyl (C=O) groups is 1. The van der Waals surface area contributed by atoms with Gasteiger partial charge < -0.3 is 10.1 Å². The summed E-state index contributed by atoms with van der Waals surface area (Å²) in [6.45, 7) is 2.80. The molecule has 1 fully saturated rings. The first-order valence-electron chi connectivity index (χ1n) is 7.13. The summed E-state index contributed by atoms with van der Waals surface area (Å²) in [4.78, 5) is 14.2. The molecule has 7 nitrogen and oxygen atoms in total. The maximum Gasteiger partial charge on any atom is 0.242 e. The van der Waals surface area contributed by atoms with Crippen molar-refractivity contribution in [1.82, 2.24) is 9.21 Å². The van der Waals surface area contributed by atoms with E-state index in [4.69, 9.17) is 16.3 Å². The van der Waals surface area contributed by atoms with Crippen LogP contribution in [0.1, 0.15) is 0 Å². The van der Waals surface area contributed by atoms with Crippen LogP contribution in [0.2, 0.25) is 5.02 Å². The topological polar surface area (TPSA) is 79.0 Å². The Balaban J connectivity index is 2.11. The molecule has 0 saturated carbocycles. The molecule has 1 heterocycles. The third-order valence-electron chi connectivity index (χ3n) is 3.46. The number of nitrogens with zero attached hydrogens (tertiary/aromatic N) is 2. The minimum atomic E-state index is -3.58. The number of hydrogen-bond donors (Lipinski definition) is 1. The molecule has 23 heavy (non-hydrogen) atoms. The smallest absolute Gasteiger partial charge is 0.242 e. The summed E-state index contributed by atoms with van der Waals surface area (Å²) in [5.74, 6) is -0.242. The van der Waals surface area contributed by atoms with Crippen molar-refractivity contribution in [3.8, 4) is 0 Å². The van der Waals surface area contributed by atoms with Crippen molar-refractivity contribution in [1.29, 1.82) is 0 Å². The molecule has 1 aliphatic heterocycles. The van der Waals surface area contributed by atoms with Gasteiger partial charge in [0.25, 0.3) is 0 Å². The van der Waals surface area contributed by atoms with Crippen LogP contribution in [0.4, 0.5) is 5.69 Å². The maximum atomic E-state index is 12.1. The molecule has 0 aliphatic carbocycles. The van der Waals surface area contributed by atoms with Gasteiger partial charge in [0.1, 0.15) is 0 Å². The molecule has 2 rings (SSSR count). The number of rotatable bonds is 5. The minimum absolute atomic E-state index is 0.0774. The van der Waals surface area contributed by atoms with Crippen LogP contribution in [-0.4, -0.2) is 70.5 Å². The summed E-state index contributed by atoms with van der Waals surface area (Å²) < 4.78 is 30.6. The summed E-state index contributed by atoms with van der Waals surface area (Å²) >= 11 is 6.06. The van der Waals surface area contributed by atoms with E-state index in [1.165, 1.54) is 32.3 Å². The third kappa shape index (κ3) is 4.65. The van der Waals surface area contributed by atoms with E-state index in [9.17, 15) is 13.2 Å². The predicted octanol–water partition coefficient (Wildman–Crippen LogP) is 0.861. The van der Waals surface area contributed by atoms with Gasteiger partial charge in [-0.3, -0.25) is 9.69 Å². The van der Waals surface area contributed by atoms with Gasteiger partial charge in [0.2, 0.25) is 15.9 Å². The second-order valence-corrected chi connectivity index (χ2v) is 7.92. The number of amides is 1. The van der Waals surface area contributed by atoms with E-state index in [2.05, 4.69) is 5.32 Å². The minimum Gasteiger partial charge on any atom is -0.379 e. The lowest BCUT2D eigenvalue weighted by molar-refractivity contribution is -0.118. The van der Waals surface area contributed by atoms with E-state index >= 15 is 0 Å². The highest BCUT2D eigenvalue weighted by Crippen LogP contribution is 2.26. The van der Waals surface area contributed by atoms with Crippen molar-refractivity contribution < 1.29 is 17.9 Å². The summed E-state index contributed by atoms with van der Waals surface area (Å²) in [5.41, 5.74) is 0.285. The number of benzene rings is 1. The van der Waals surface area contributed by atoms with Gasteiger partial charge in [-0.1, -0.05) is 11.6 Å². The highest BCUT2D eigenvalue weighted by molar-refractivity contribution is 7.89. The Labute approximate surface area is 141 Å². The van der Waals surface area contributed by atoms with Crippen molar-refractivity contribution in [3.63, 3.8) is 0 Å². The van der Waals surface area contributed by atoms with Gasteiger partial charge in [-0.15, -0.1) is 0 Å². The molecule has 0 atom stereocenters. The van der Waals surface area contributed by atoms with Crippen molar-refractivity contribution in [2.45, 2.75) is 4.90 Å². The predicted molar refractivity (Wildman–Crippen MR) is 88.2 cm³/mol. The van der Waals surface area contributed by atoms with Crippen molar-refractivity contribution in [2.75, 3.05) is 52.3 Å². The Kier molecular flexibility index (Phi) is 5.99. The average Bonchev–Trinajstić information content (AvgIpc) is 2.50. The van der Waals surface area contributed by atoms with Crippen molar-refractivity contribution in [2.24, 2.45) is 0 Å². The number of anilines is 1. The highest BCUT2D eigenvalue weighted by atomic mass is 35.5. The molecule has 0 radical (unpaired) electrons. The van der Waals surface area contributed by atoms with Crippen LogP contribution in [0.25, 0.3) is 0 Å². The Morgan fingerprint density at radius 3 is 2.61 bits per heavy atom. The Morgan fingerprint density at radius 1 is 1.35 bits per heavy atom. The molecule has 0 unspecified atom stereocenters. The number of halogens is 1. The maximum absolute atomic E-state index is 12.1. The molecular formula is C14H20ClN3O4S. The van der Waals surface area contributed by atoms with E-state index in [1.807, 2.05) is 4.90 Å². The molecule has 0 aromatic heterocycles. The Morgan fingerprint density at radius 2 is 2.00 bits per heavy atom. The molecule has 1 aromatic rings. The SMILES string of the molecule is CN(C)S(=O)(=O)c1ccc(Cl)c(NC(=O)CN2CCOCC2)c1. The first-order chi connectivity index (χ1) is 10.8. The van der Waals surface area contributed by atoms with E-state index < -0.39 is 10.0 Å². The van der Waals surface area contributed by atoms with Crippen LogP contribution < -0.4 is 5.32 Å². The van der Waals surface area contributed by atoms with Crippen LogP contribution in [0.5, 0.6) is 0 Å². The standard InChI is InChI=1S/C14H20ClN3O4S/c1-17(2)23(20,21)11-3-4-12(15)13(9-11)16-14(19)10-18-5-7-22-8-6-18/h3-4,9H,5-8,10H2,1-2H3,(H,16,19). The summed E-state index contributed by atoms with van der Waals surface area (Å²) in [7, 11) is -0.693. The quantitative estimate of drug-likeness (QED) is 0.841. The zero-order chi connectivity index (χ0) is 17.0. The number of hydrogen-bond acceptors (Lipinski definition) is 5. The molecule has 1 amide bonds. The second kappa shape index (κ2) is 7.59. The second-order valence-electron chi connectivity index (χ2n) is 5.37. The first kappa shape index (κ1) is 18.2. The molecule has 9 heteroatoms. The molecule has 1 aromatic carbocycles. The molecule has 0 bridgehead atoms. The Bertz CT molecular complexity index is 673. The molecule has 1 aliphatic rings. The van der Waals surface area contributed by atoms with Crippen molar-refractivity contribution in [3.05, 3.63) is 23.2 Å². The molecule has 1 saturated heterocycles. The fourth-order valence-corrected chi connectivity index (χ4v) is 3.22. The molecule has 0 spiro atoms. The van der Waals surface area contributed by atoms with E-state index in [1.54, 1.807) is 0 Å². The zero-order valence-electron chi connectivity index (χ0n) is 13.1. The van der Waals surface area contributed by atoms with E-state index in [-0.39, 0.29) is 28.1 Å².